The molecule has 0 fully saturated rings. The fourth-order valence-corrected chi connectivity index (χ4v) is 3.92. The van der Waals surface area contributed by atoms with Crippen LogP contribution in [0.5, 0.6) is 0 Å². The summed E-state index contributed by atoms with van der Waals surface area (Å²) in [6.07, 6.45) is 2.48. The molecule has 1 aromatic heterocycles. The van der Waals surface area contributed by atoms with Crippen LogP contribution in [0, 0.1) is 0 Å². The molecule has 0 aliphatic carbocycles. The minimum atomic E-state index is -3.45. The number of carbonyl (C=O) groups excluding carboxylic acids is 2. The van der Waals surface area contributed by atoms with Crippen molar-refractivity contribution in [1.82, 2.24) is 20.2 Å². The SMILES string of the molecule is CS(=O)(=O)c1cccc(C(=O)Nc2ccc(NC(=O)c3cccc(-n4cnnn4)c3)cc2Cl)c1. The van der Waals surface area contributed by atoms with Gasteiger partial charge in [0.15, 0.2) is 9.84 Å². The lowest BCUT2D eigenvalue weighted by Crippen LogP contribution is -2.14. The average molecular weight is 497 g/mol. The summed E-state index contributed by atoms with van der Waals surface area (Å²) in [4.78, 5) is 25.3. The van der Waals surface area contributed by atoms with Crippen LogP contribution in [0.1, 0.15) is 20.7 Å². The van der Waals surface area contributed by atoms with Crippen molar-refractivity contribution < 1.29 is 18.0 Å². The molecular weight excluding hydrogens is 480 g/mol. The van der Waals surface area contributed by atoms with Crippen LogP contribution in [0.2, 0.25) is 5.02 Å². The van der Waals surface area contributed by atoms with Crippen molar-refractivity contribution in [3.63, 3.8) is 0 Å². The normalized spacial score (nSPS) is 11.1. The zero-order valence-electron chi connectivity index (χ0n) is 17.6. The van der Waals surface area contributed by atoms with Gasteiger partial charge in [-0.25, -0.2) is 13.1 Å². The van der Waals surface area contributed by atoms with Gasteiger partial charge in [0.05, 0.1) is 21.3 Å². The number of rotatable bonds is 6. The van der Waals surface area contributed by atoms with Crippen LogP contribution >= 0.6 is 11.6 Å². The van der Waals surface area contributed by atoms with Crippen molar-refractivity contribution in [2.24, 2.45) is 0 Å². The Labute approximate surface area is 199 Å². The number of carbonyl (C=O) groups is 2. The number of amides is 2. The molecule has 0 aliphatic rings. The third-order valence-corrected chi connectivity index (χ3v) is 6.14. The molecule has 4 aromatic rings. The molecule has 1 heterocycles. The lowest BCUT2D eigenvalue weighted by Gasteiger charge is -2.11. The summed E-state index contributed by atoms with van der Waals surface area (Å²) in [5.41, 5.74) is 1.88. The Morgan fingerprint density at radius 3 is 2.29 bits per heavy atom. The quantitative estimate of drug-likeness (QED) is 0.418. The number of benzene rings is 3. The molecule has 172 valence electrons. The van der Waals surface area contributed by atoms with Crippen molar-refractivity contribution in [2.75, 3.05) is 16.9 Å². The number of aromatic nitrogens is 4. The fourth-order valence-electron chi connectivity index (χ4n) is 3.03. The Kier molecular flexibility index (Phi) is 6.39. The fraction of sp³-hybridized carbons (Fsp3) is 0.0455. The lowest BCUT2D eigenvalue weighted by atomic mass is 10.1. The highest BCUT2D eigenvalue weighted by atomic mass is 35.5. The van der Waals surface area contributed by atoms with E-state index in [-0.39, 0.29) is 21.4 Å². The molecule has 0 bridgehead atoms. The maximum absolute atomic E-state index is 12.7. The molecule has 0 spiro atoms. The highest BCUT2D eigenvalue weighted by Gasteiger charge is 2.14. The largest absolute Gasteiger partial charge is 0.322 e. The molecule has 0 saturated heterocycles. The van der Waals surface area contributed by atoms with Gasteiger partial charge in [0.1, 0.15) is 6.33 Å². The van der Waals surface area contributed by atoms with E-state index in [1.807, 2.05) is 0 Å². The maximum Gasteiger partial charge on any atom is 0.255 e. The predicted octanol–water partition coefficient (Wildman–Crippen LogP) is 3.22. The van der Waals surface area contributed by atoms with Gasteiger partial charge in [-0.15, -0.1) is 5.10 Å². The van der Waals surface area contributed by atoms with Gasteiger partial charge in [-0.1, -0.05) is 23.7 Å². The summed E-state index contributed by atoms with van der Waals surface area (Å²) in [6.45, 7) is 0. The van der Waals surface area contributed by atoms with E-state index in [1.165, 1.54) is 47.4 Å². The van der Waals surface area contributed by atoms with Crippen LogP contribution in [-0.2, 0) is 9.84 Å². The Morgan fingerprint density at radius 1 is 0.912 bits per heavy atom. The van der Waals surface area contributed by atoms with Gasteiger partial charge in [0, 0.05) is 23.1 Å². The molecule has 0 radical (unpaired) electrons. The van der Waals surface area contributed by atoms with Gasteiger partial charge in [-0.3, -0.25) is 9.59 Å². The summed E-state index contributed by atoms with van der Waals surface area (Å²) < 4.78 is 24.9. The van der Waals surface area contributed by atoms with Gasteiger partial charge >= 0.3 is 0 Å². The Bertz CT molecular complexity index is 1490. The van der Waals surface area contributed by atoms with Gasteiger partial charge in [-0.2, -0.15) is 0 Å². The minimum Gasteiger partial charge on any atom is -0.322 e. The lowest BCUT2D eigenvalue weighted by molar-refractivity contribution is 0.101. The first-order chi connectivity index (χ1) is 16.2. The van der Waals surface area contributed by atoms with E-state index in [0.717, 1.165) is 6.26 Å². The van der Waals surface area contributed by atoms with Crippen LogP contribution in [-0.4, -0.2) is 46.7 Å². The van der Waals surface area contributed by atoms with Crippen molar-refractivity contribution >= 4 is 44.6 Å². The first-order valence-corrected chi connectivity index (χ1v) is 12.0. The molecule has 10 nitrogen and oxygen atoms in total. The zero-order chi connectivity index (χ0) is 24.3. The van der Waals surface area contributed by atoms with Crippen LogP contribution < -0.4 is 10.6 Å². The third-order valence-electron chi connectivity index (χ3n) is 4.72. The summed E-state index contributed by atoms with van der Waals surface area (Å²) in [5.74, 6) is -0.899. The number of halogens is 1. The minimum absolute atomic E-state index is 0.0356. The van der Waals surface area contributed by atoms with Gasteiger partial charge in [0.25, 0.3) is 11.8 Å². The van der Waals surface area contributed by atoms with Gasteiger partial charge < -0.3 is 10.6 Å². The van der Waals surface area contributed by atoms with Crippen LogP contribution in [0.3, 0.4) is 0 Å². The van der Waals surface area contributed by atoms with E-state index in [4.69, 9.17) is 11.6 Å². The third kappa shape index (κ3) is 5.27. The van der Waals surface area contributed by atoms with E-state index in [9.17, 15) is 18.0 Å². The number of hydrogen-bond acceptors (Lipinski definition) is 7. The Hall–Kier alpha value is -4.09. The van der Waals surface area contributed by atoms with Crippen LogP contribution in [0.4, 0.5) is 11.4 Å². The number of nitrogens with one attached hydrogen (secondary N) is 2. The number of hydrogen-bond donors (Lipinski definition) is 2. The molecule has 2 amide bonds. The number of nitrogens with zero attached hydrogens (tertiary/aromatic N) is 4. The second-order valence-electron chi connectivity index (χ2n) is 7.21. The smallest absolute Gasteiger partial charge is 0.255 e. The van der Waals surface area contributed by atoms with Gasteiger partial charge in [0.2, 0.25) is 0 Å². The Morgan fingerprint density at radius 2 is 1.62 bits per heavy atom. The van der Waals surface area contributed by atoms with Crippen LogP contribution in [0.25, 0.3) is 5.69 Å². The predicted molar refractivity (Wildman–Crippen MR) is 126 cm³/mol. The van der Waals surface area contributed by atoms with E-state index >= 15 is 0 Å². The average Bonchev–Trinajstić information content (AvgIpc) is 3.35. The van der Waals surface area contributed by atoms with Crippen LogP contribution in [0.15, 0.2) is 78.0 Å². The summed E-state index contributed by atoms with van der Waals surface area (Å²) in [6, 6.07) is 17.0. The van der Waals surface area contributed by atoms with Crippen molar-refractivity contribution in [3.8, 4) is 5.69 Å². The number of sulfone groups is 1. The monoisotopic (exact) mass is 496 g/mol. The first-order valence-electron chi connectivity index (χ1n) is 9.76. The van der Waals surface area contributed by atoms with E-state index < -0.39 is 15.7 Å². The van der Waals surface area contributed by atoms with Crippen molar-refractivity contribution in [3.05, 3.63) is 89.2 Å². The molecule has 0 saturated carbocycles. The van der Waals surface area contributed by atoms with Crippen molar-refractivity contribution in [2.45, 2.75) is 4.90 Å². The van der Waals surface area contributed by atoms with Gasteiger partial charge in [-0.05, 0) is 65.0 Å². The van der Waals surface area contributed by atoms with E-state index in [2.05, 4.69) is 26.2 Å². The highest BCUT2D eigenvalue weighted by Crippen LogP contribution is 2.27. The van der Waals surface area contributed by atoms with E-state index in [1.54, 1.807) is 30.3 Å². The molecule has 0 atom stereocenters. The second-order valence-corrected chi connectivity index (χ2v) is 9.63. The Balaban J connectivity index is 1.47. The number of anilines is 2. The molecular formula is C22H17ClN6O4S. The molecule has 2 N–H and O–H groups in total. The first kappa shape index (κ1) is 23.1. The number of tetrazole rings is 1. The summed E-state index contributed by atoms with van der Waals surface area (Å²) >= 11 is 6.30. The standard InChI is InChI=1S/C22H17ClN6O4S/c1-34(32,33)18-7-3-5-15(11-18)22(31)26-20-9-8-16(12-19(20)23)25-21(30)14-4-2-6-17(10-14)29-13-24-27-28-29/h2-13H,1H3,(H,25,30)(H,26,31). The molecule has 12 heteroatoms. The molecule has 34 heavy (non-hydrogen) atoms. The maximum atomic E-state index is 12.7. The highest BCUT2D eigenvalue weighted by molar-refractivity contribution is 7.90. The zero-order valence-corrected chi connectivity index (χ0v) is 19.2. The van der Waals surface area contributed by atoms with Crippen molar-refractivity contribution in [1.29, 1.82) is 0 Å². The second kappa shape index (κ2) is 9.41. The topological polar surface area (TPSA) is 136 Å². The molecule has 0 aliphatic heterocycles. The molecule has 4 rings (SSSR count). The molecule has 3 aromatic carbocycles. The summed E-state index contributed by atoms with van der Waals surface area (Å²) in [7, 11) is -3.45. The molecule has 0 unspecified atom stereocenters. The summed E-state index contributed by atoms with van der Waals surface area (Å²) in [5, 5.41) is 16.5. The van der Waals surface area contributed by atoms with E-state index in [0.29, 0.717) is 22.6 Å².